The number of fused-ring (bicyclic) bond motifs is 1. The number of rotatable bonds is 1. The fourth-order valence-electron chi connectivity index (χ4n) is 3.42. The van der Waals surface area contributed by atoms with Crippen LogP contribution < -0.4 is 0 Å². The molecule has 0 amide bonds. The maximum atomic E-state index is 2.54. The first-order valence-corrected chi connectivity index (χ1v) is 7.85. The van der Waals surface area contributed by atoms with E-state index in [-0.39, 0.29) is 0 Å². The molecule has 3 atom stereocenters. The average molecular weight is 226 g/mol. The van der Waals surface area contributed by atoms with E-state index in [1.807, 2.05) is 0 Å². The molecule has 0 N–H and O–H groups in total. The fraction of sp³-hybridized carbons (Fsp3) is 1.00. The molecule has 1 heterocycles. The van der Waals surface area contributed by atoms with Gasteiger partial charge >= 0.3 is 0 Å². The van der Waals surface area contributed by atoms with Crippen LogP contribution in [0.2, 0.25) is 0 Å². The summed E-state index contributed by atoms with van der Waals surface area (Å²) in [6, 6.07) is 0. The second-order valence-electron chi connectivity index (χ2n) is 6.29. The van der Waals surface area contributed by atoms with Crippen molar-refractivity contribution in [2.45, 2.75) is 52.9 Å². The van der Waals surface area contributed by atoms with Crippen LogP contribution in [0.3, 0.4) is 0 Å². The van der Waals surface area contributed by atoms with Crippen molar-refractivity contribution in [2.75, 3.05) is 11.5 Å². The largest absolute Gasteiger partial charge is 0.162 e. The molecule has 1 saturated heterocycles. The number of hydrogen-bond donors (Lipinski definition) is 0. The quantitative estimate of drug-likeness (QED) is 0.630. The number of thioether (sulfide) groups is 1. The van der Waals surface area contributed by atoms with Gasteiger partial charge in [-0.25, -0.2) is 0 Å². The second-order valence-corrected chi connectivity index (χ2v) is 7.44. The van der Waals surface area contributed by atoms with E-state index in [4.69, 9.17) is 0 Å². The van der Waals surface area contributed by atoms with Gasteiger partial charge in [-0.1, -0.05) is 27.2 Å². The van der Waals surface area contributed by atoms with Gasteiger partial charge in [-0.2, -0.15) is 11.8 Å². The molecule has 1 heteroatoms. The Morgan fingerprint density at radius 1 is 1.20 bits per heavy atom. The van der Waals surface area contributed by atoms with Crippen LogP contribution in [-0.2, 0) is 0 Å². The summed E-state index contributed by atoms with van der Waals surface area (Å²) in [5.41, 5.74) is 0.640. The molecule has 0 radical (unpaired) electrons. The lowest BCUT2D eigenvalue weighted by atomic mass is 9.70. The van der Waals surface area contributed by atoms with Gasteiger partial charge in [0.2, 0.25) is 0 Å². The Balaban J connectivity index is 2.07. The van der Waals surface area contributed by atoms with Gasteiger partial charge in [0.25, 0.3) is 0 Å². The van der Waals surface area contributed by atoms with Crippen molar-refractivity contribution in [3.8, 4) is 0 Å². The summed E-state index contributed by atoms with van der Waals surface area (Å²) in [7, 11) is 0. The van der Waals surface area contributed by atoms with Crippen LogP contribution in [0.5, 0.6) is 0 Å². The SMILES string of the molecule is CC(C)C1(C)CCCC2CSCCC2C1. The van der Waals surface area contributed by atoms with Crippen molar-refractivity contribution < 1.29 is 0 Å². The Morgan fingerprint density at radius 3 is 2.73 bits per heavy atom. The van der Waals surface area contributed by atoms with Crippen molar-refractivity contribution in [3.05, 3.63) is 0 Å². The van der Waals surface area contributed by atoms with Crippen molar-refractivity contribution >= 4 is 11.8 Å². The minimum Gasteiger partial charge on any atom is -0.162 e. The Hall–Kier alpha value is 0.350. The average Bonchev–Trinajstić information content (AvgIpc) is 2.36. The molecular formula is C14H26S. The van der Waals surface area contributed by atoms with Crippen molar-refractivity contribution in [1.82, 2.24) is 0 Å². The van der Waals surface area contributed by atoms with Gasteiger partial charge in [-0.3, -0.25) is 0 Å². The highest BCUT2D eigenvalue weighted by Gasteiger charge is 2.37. The Morgan fingerprint density at radius 2 is 2.00 bits per heavy atom. The predicted molar refractivity (Wildman–Crippen MR) is 70.3 cm³/mol. The number of hydrogen-bond acceptors (Lipinski definition) is 1. The molecule has 2 aliphatic rings. The first-order valence-electron chi connectivity index (χ1n) is 6.69. The Labute approximate surface area is 99.6 Å². The van der Waals surface area contributed by atoms with Gasteiger partial charge in [0, 0.05) is 0 Å². The van der Waals surface area contributed by atoms with Crippen LogP contribution in [0.25, 0.3) is 0 Å². The molecule has 0 nitrogen and oxygen atoms in total. The Kier molecular flexibility index (Phi) is 3.70. The van der Waals surface area contributed by atoms with E-state index < -0.39 is 0 Å². The standard InChI is InChI=1S/C14H26S/c1-11(2)14(3)7-4-5-13-10-15-8-6-12(13)9-14/h11-13H,4-10H2,1-3H3. The first-order chi connectivity index (χ1) is 7.12. The molecule has 88 valence electrons. The van der Waals surface area contributed by atoms with E-state index in [2.05, 4.69) is 32.5 Å². The summed E-state index contributed by atoms with van der Waals surface area (Å²) in [5.74, 6) is 5.87. The van der Waals surface area contributed by atoms with Crippen molar-refractivity contribution in [1.29, 1.82) is 0 Å². The summed E-state index contributed by atoms with van der Waals surface area (Å²) < 4.78 is 0. The highest BCUT2D eigenvalue weighted by molar-refractivity contribution is 7.99. The van der Waals surface area contributed by atoms with Crippen LogP contribution in [0.1, 0.15) is 52.9 Å². The molecular weight excluding hydrogens is 200 g/mol. The third-order valence-corrected chi connectivity index (χ3v) is 6.26. The smallest absolute Gasteiger partial charge is 0.00365 e. The summed E-state index contributed by atoms with van der Waals surface area (Å²) >= 11 is 2.20. The van der Waals surface area contributed by atoms with Gasteiger partial charge in [-0.15, -0.1) is 0 Å². The second kappa shape index (κ2) is 4.69. The zero-order chi connectivity index (χ0) is 10.9. The molecule has 0 aromatic heterocycles. The van der Waals surface area contributed by atoms with E-state index in [1.165, 1.54) is 43.6 Å². The molecule has 0 aromatic rings. The highest BCUT2D eigenvalue weighted by atomic mass is 32.2. The summed E-state index contributed by atoms with van der Waals surface area (Å²) in [6.07, 6.45) is 7.48. The van der Waals surface area contributed by atoms with Crippen LogP contribution >= 0.6 is 11.8 Å². The molecule has 1 saturated carbocycles. The molecule has 15 heavy (non-hydrogen) atoms. The zero-order valence-corrected chi connectivity index (χ0v) is 11.4. The highest BCUT2D eigenvalue weighted by Crippen LogP contribution is 2.48. The third kappa shape index (κ3) is 2.54. The molecule has 2 fully saturated rings. The van der Waals surface area contributed by atoms with Crippen LogP contribution in [0, 0.1) is 23.2 Å². The van der Waals surface area contributed by atoms with Crippen LogP contribution in [0.4, 0.5) is 0 Å². The summed E-state index contributed by atoms with van der Waals surface area (Å²) in [6.45, 7) is 7.40. The lowest BCUT2D eigenvalue weighted by Crippen LogP contribution is -2.29. The normalized spacial score (nSPS) is 42.4. The summed E-state index contributed by atoms with van der Waals surface area (Å²) in [5, 5.41) is 0. The van der Waals surface area contributed by atoms with Crippen LogP contribution in [0.15, 0.2) is 0 Å². The van der Waals surface area contributed by atoms with Crippen molar-refractivity contribution in [3.63, 3.8) is 0 Å². The minimum atomic E-state index is 0.640. The Bertz CT molecular complexity index is 211. The minimum absolute atomic E-state index is 0.640. The third-order valence-electron chi connectivity index (χ3n) is 5.08. The van der Waals surface area contributed by atoms with E-state index in [0.717, 1.165) is 17.8 Å². The maximum Gasteiger partial charge on any atom is -0.00365 e. The van der Waals surface area contributed by atoms with Gasteiger partial charge in [0.05, 0.1) is 0 Å². The van der Waals surface area contributed by atoms with E-state index in [1.54, 1.807) is 0 Å². The molecule has 0 aromatic carbocycles. The lowest BCUT2D eigenvalue weighted by molar-refractivity contribution is 0.147. The lowest BCUT2D eigenvalue weighted by Gasteiger charge is -2.38. The van der Waals surface area contributed by atoms with Crippen molar-refractivity contribution in [2.24, 2.45) is 23.2 Å². The van der Waals surface area contributed by atoms with E-state index >= 15 is 0 Å². The first kappa shape index (κ1) is 11.8. The molecule has 1 aliphatic heterocycles. The molecule has 3 unspecified atom stereocenters. The van der Waals surface area contributed by atoms with Gasteiger partial charge in [0.1, 0.15) is 0 Å². The fourth-order valence-corrected chi connectivity index (χ4v) is 4.80. The van der Waals surface area contributed by atoms with E-state index in [0.29, 0.717) is 5.41 Å². The van der Waals surface area contributed by atoms with Crippen LogP contribution in [-0.4, -0.2) is 11.5 Å². The van der Waals surface area contributed by atoms with E-state index in [9.17, 15) is 0 Å². The van der Waals surface area contributed by atoms with Gasteiger partial charge in [0.15, 0.2) is 0 Å². The monoisotopic (exact) mass is 226 g/mol. The molecule has 2 rings (SSSR count). The topological polar surface area (TPSA) is 0 Å². The van der Waals surface area contributed by atoms with Gasteiger partial charge in [-0.05, 0) is 60.4 Å². The molecule has 1 aliphatic carbocycles. The zero-order valence-electron chi connectivity index (χ0n) is 10.6. The van der Waals surface area contributed by atoms with Gasteiger partial charge < -0.3 is 0 Å². The molecule has 0 spiro atoms. The summed E-state index contributed by atoms with van der Waals surface area (Å²) in [4.78, 5) is 0. The predicted octanol–water partition coefficient (Wildman–Crippen LogP) is 4.59. The molecule has 0 bridgehead atoms. The maximum absolute atomic E-state index is 2.54.